The van der Waals surface area contributed by atoms with Crippen LogP contribution in [0.1, 0.15) is 96.2 Å². The number of primary amides is 1. The van der Waals surface area contributed by atoms with Crippen molar-refractivity contribution in [1.29, 1.82) is 0 Å². The Bertz CT molecular complexity index is 1270. The Kier molecular flexibility index (Phi) is 5.58. The highest BCUT2D eigenvalue weighted by Crippen LogP contribution is 2.30. The molecule has 0 saturated heterocycles. The highest BCUT2D eigenvalue weighted by molar-refractivity contribution is 6.05. The second kappa shape index (κ2) is 8.22. The van der Waals surface area contributed by atoms with Crippen molar-refractivity contribution in [3.8, 4) is 0 Å². The summed E-state index contributed by atoms with van der Waals surface area (Å²) in [7, 11) is 0. The van der Waals surface area contributed by atoms with Gasteiger partial charge < -0.3 is 16.0 Å². The monoisotopic (exact) mass is 436 g/mol. The highest BCUT2D eigenvalue weighted by Gasteiger charge is 2.27. The lowest BCUT2D eigenvalue weighted by Gasteiger charge is -2.26. The molecule has 3 aromatic heterocycles. The molecule has 2 amide bonds. The molecular weight excluding hydrogens is 408 g/mol. The molecule has 168 valence electrons. The van der Waals surface area contributed by atoms with Crippen molar-refractivity contribution < 1.29 is 9.59 Å². The van der Waals surface area contributed by atoms with Crippen molar-refractivity contribution in [2.24, 2.45) is 5.73 Å². The number of aromatic amines is 1. The van der Waals surface area contributed by atoms with Crippen molar-refractivity contribution in [1.82, 2.24) is 25.1 Å². The van der Waals surface area contributed by atoms with Gasteiger partial charge in [0.05, 0.1) is 23.2 Å². The Hall–Kier alpha value is -3.49. The van der Waals surface area contributed by atoms with E-state index < -0.39 is 11.5 Å². The third-order valence-electron chi connectivity index (χ3n) is 5.93. The van der Waals surface area contributed by atoms with E-state index in [9.17, 15) is 14.4 Å². The minimum absolute atomic E-state index is 0.100. The molecule has 9 heteroatoms. The normalized spacial score (nSPS) is 15.9. The number of rotatable bonds is 5. The first-order valence-corrected chi connectivity index (χ1v) is 10.9. The standard InChI is InChI=1S/C23H28N6O3/c1-11(2)19-9-13(16-10-25-29(12(3)4)21(16)26-19)22(31)27-17-6-5-7-18-14(17)8-15(20(24)30)23(32)28-18/h8-12,17H,5-7H2,1-4H3,(H2,24,30)(H,27,31)(H,28,32). The summed E-state index contributed by atoms with van der Waals surface area (Å²) < 4.78 is 1.82. The number of amides is 2. The number of carbonyl (C=O) groups excluding carboxylic acids is 2. The van der Waals surface area contributed by atoms with Crippen LogP contribution in [0, 0.1) is 0 Å². The molecule has 9 nitrogen and oxygen atoms in total. The van der Waals surface area contributed by atoms with Crippen LogP contribution < -0.4 is 16.6 Å². The van der Waals surface area contributed by atoms with Gasteiger partial charge in [0, 0.05) is 17.4 Å². The minimum Gasteiger partial charge on any atom is -0.365 e. The Balaban J connectivity index is 1.75. The Morgan fingerprint density at radius 3 is 2.62 bits per heavy atom. The highest BCUT2D eigenvalue weighted by atomic mass is 16.2. The molecule has 0 aliphatic heterocycles. The first-order valence-electron chi connectivity index (χ1n) is 10.9. The van der Waals surface area contributed by atoms with Crippen LogP contribution >= 0.6 is 0 Å². The molecule has 3 heterocycles. The number of nitrogens with zero attached hydrogens (tertiary/aromatic N) is 3. The number of hydrogen-bond donors (Lipinski definition) is 3. The average molecular weight is 437 g/mol. The van der Waals surface area contributed by atoms with Gasteiger partial charge in [-0.15, -0.1) is 0 Å². The number of aryl methyl sites for hydroxylation is 1. The SMILES string of the molecule is CC(C)c1cc(C(=O)NC2CCCc3[nH]c(=O)c(C(N)=O)cc32)c2cnn(C(C)C)c2n1. The van der Waals surface area contributed by atoms with E-state index in [1.807, 2.05) is 38.4 Å². The fourth-order valence-corrected chi connectivity index (χ4v) is 4.21. The number of fused-ring (bicyclic) bond motifs is 2. The van der Waals surface area contributed by atoms with Crippen LogP contribution in [0.2, 0.25) is 0 Å². The van der Waals surface area contributed by atoms with Gasteiger partial charge in [-0.2, -0.15) is 5.10 Å². The third-order valence-corrected chi connectivity index (χ3v) is 5.93. The summed E-state index contributed by atoms with van der Waals surface area (Å²) in [5.74, 6) is -0.893. The predicted octanol–water partition coefficient (Wildman–Crippen LogP) is 2.73. The largest absolute Gasteiger partial charge is 0.365 e. The van der Waals surface area contributed by atoms with Gasteiger partial charge in [-0.25, -0.2) is 9.67 Å². The summed E-state index contributed by atoms with van der Waals surface area (Å²) in [5, 5.41) is 8.23. The van der Waals surface area contributed by atoms with Gasteiger partial charge in [0.2, 0.25) is 0 Å². The molecule has 0 spiro atoms. The molecule has 1 aliphatic carbocycles. The molecule has 1 unspecified atom stereocenters. The van der Waals surface area contributed by atoms with E-state index in [0.717, 1.165) is 23.4 Å². The first-order chi connectivity index (χ1) is 15.2. The molecule has 4 N–H and O–H groups in total. The molecule has 4 rings (SSSR count). The number of aromatic nitrogens is 4. The summed E-state index contributed by atoms with van der Waals surface area (Å²) in [4.78, 5) is 44.7. The van der Waals surface area contributed by atoms with E-state index in [4.69, 9.17) is 10.7 Å². The van der Waals surface area contributed by atoms with Gasteiger partial charge in [-0.3, -0.25) is 14.4 Å². The third kappa shape index (κ3) is 3.79. The van der Waals surface area contributed by atoms with Gasteiger partial charge in [0.15, 0.2) is 5.65 Å². The first kappa shape index (κ1) is 21.7. The van der Waals surface area contributed by atoms with Gasteiger partial charge in [-0.1, -0.05) is 13.8 Å². The molecule has 0 radical (unpaired) electrons. The van der Waals surface area contributed by atoms with E-state index in [2.05, 4.69) is 15.4 Å². The molecule has 0 saturated carbocycles. The number of nitrogens with two attached hydrogens (primary N) is 1. The maximum atomic E-state index is 13.4. The second-order valence-electron chi connectivity index (χ2n) is 8.90. The van der Waals surface area contributed by atoms with Crippen LogP contribution in [0.15, 0.2) is 23.1 Å². The lowest BCUT2D eigenvalue weighted by molar-refractivity contribution is 0.0933. The lowest BCUT2D eigenvalue weighted by atomic mass is 9.90. The molecule has 1 aliphatic rings. The Labute approximate surface area is 185 Å². The maximum absolute atomic E-state index is 13.4. The van der Waals surface area contributed by atoms with E-state index in [1.54, 1.807) is 6.20 Å². The van der Waals surface area contributed by atoms with Gasteiger partial charge in [0.25, 0.3) is 17.4 Å². The van der Waals surface area contributed by atoms with Gasteiger partial charge in [-0.05, 0) is 56.7 Å². The Morgan fingerprint density at radius 2 is 1.97 bits per heavy atom. The molecule has 32 heavy (non-hydrogen) atoms. The number of nitrogens with one attached hydrogen (secondary N) is 2. The summed E-state index contributed by atoms with van der Waals surface area (Å²) in [5.41, 5.74) is 8.22. The minimum atomic E-state index is -0.789. The number of pyridine rings is 2. The molecular formula is C23H28N6O3. The fraction of sp³-hybridized carbons (Fsp3) is 0.435. The summed E-state index contributed by atoms with van der Waals surface area (Å²) >= 11 is 0. The summed E-state index contributed by atoms with van der Waals surface area (Å²) in [6, 6.07) is 3.10. The van der Waals surface area contributed by atoms with Crippen LogP contribution in [0.5, 0.6) is 0 Å². The number of carbonyl (C=O) groups is 2. The lowest BCUT2D eigenvalue weighted by Crippen LogP contribution is -2.34. The van der Waals surface area contributed by atoms with Crippen molar-refractivity contribution >= 4 is 22.8 Å². The van der Waals surface area contributed by atoms with Crippen LogP contribution in [0.3, 0.4) is 0 Å². The molecule has 1 atom stereocenters. The van der Waals surface area contributed by atoms with E-state index in [1.165, 1.54) is 6.07 Å². The van der Waals surface area contributed by atoms with Crippen LogP contribution in [0.25, 0.3) is 11.0 Å². The van der Waals surface area contributed by atoms with E-state index >= 15 is 0 Å². The molecule has 0 fully saturated rings. The second-order valence-corrected chi connectivity index (χ2v) is 8.90. The summed E-state index contributed by atoms with van der Waals surface area (Å²) in [6.07, 6.45) is 3.85. The van der Waals surface area contributed by atoms with Crippen LogP contribution in [-0.4, -0.2) is 31.6 Å². The fourth-order valence-electron chi connectivity index (χ4n) is 4.21. The zero-order valence-electron chi connectivity index (χ0n) is 18.7. The Morgan fingerprint density at radius 1 is 1.22 bits per heavy atom. The average Bonchev–Trinajstić information content (AvgIpc) is 3.16. The van der Waals surface area contributed by atoms with Gasteiger partial charge in [0.1, 0.15) is 5.56 Å². The van der Waals surface area contributed by atoms with E-state index in [0.29, 0.717) is 29.4 Å². The zero-order chi connectivity index (χ0) is 23.2. The molecule has 0 aromatic carbocycles. The smallest absolute Gasteiger partial charge is 0.261 e. The molecule has 3 aromatic rings. The quantitative estimate of drug-likeness (QED) is 0.565. The summed E-state index contributed by atoms with van der Waals surface area (Å²) in [6.45, 7) is 8.11. The van der Waals surface area contributed by atoms with Crippen molar-refractivity contribution in [2.75, 3.05) is 0 Å². The van der Waals surface area contributed by atoms with Gasteiger partial charge >= 0.3 is 0 Å². The van der Waals surface area contributed by atoms with Crippen molar-refractivity contribution in [2.45, 2.75) is 65.0 Å². The number of hydrogen-bond acceptors (Lipinski definition) is 5. The van der Waals surface area contributed by atoms with Crippen LogP contribution in [-0.2, 0) is 6.42 Å². The zero-order valence-corrected chi connectivity index (χ0v) is 18.7. The number of H-pyrrole nitrogens is 1. The van der Waals surface area contributed by atoms with Crippen molar-refractivity contribution in [3.63, 3.8) is 0 Å². The molecule has 0 bridgehead atoms. The van der Waals surface area contributed by atoms with Crippen molar-refractivity contribution in [3.05, 3.63) is 56.8 Å². The topological polar surface area (TPSA) is 136 Å². The maximum Gasteiger partial charge on any atom is 0.261 e. The predicted molar refractivity (Wildman–Crippen MR) is 121 cm³/mol. The van der Waals surface area contributed by atoms with E-state index in [-0.39, 0.29) is 29.5 Å². The van der Waals surface area contributed by atoms with Crippen LogP contribution in [0.4, 0.5) is 0 Å².